The van der Waals surface area contributed by atoms with Crippen molar-refractivity contribution in [2.24, 2.45) is 11.1 Å². The molecular formula is C24H27N7O. The fraction of sp³-hybridized carbons (Fsp3) is 0.375. The van der Waals surface area contributed by atoms with E-state index in [1.54, 1.807) is 18.5 Å². The van der Waals surface area contributed by atoms with Gasteiger partial charge in [-0.3, -0.25) is 4.79 Å². The van der Waals surface area contributed by atoms with Crippen LogP contribution in [0.1, 0.15) is 35.1 Å². The van der Waals surface area contributed by atoms with E-state index in [9.17, 15) is 4.79 Å². The molecule has 2 atom stereocenters. The van der Waals surface area contributed by atoms with Gasteiger partial charge in [0.25, 0.3) is 5.91 Å². The molecule has 3 aromatic rings. The molecule has 2 aromatic heterocycles. The number of hydrogen-bond donors (Lipinski definition) is 1. The summed E-state index contributed by atoms with van der Waals surface area (Å²) < 4.78 is 0. The molecule has 8 nitrogen and oxygen atoms in total. The third kappa shape index (κ3) is 3.14. The quantitative estimate of drug-likeness (QED) is 0.683. The molecule has 2 aliphatic rings. The number of piperidine rings is 1. The zero-order chi connectivity index (χ0) is 22.5. The molecular weight excluding hydrogens is 402 g/mol. The predicted octanol–water partition coefficient (Wildman–Crippen LogP) is 2.58. The van der Waals surface area contributed by atoms with Crippen LogP contribution in [0.5, 0.6) is 0 Å². The van der Waals surface area contributed by atoms with Gasteiger partial charge in [0.15, 0.2) is 5.82 Å². The Labute approximate surface area is 187 Å². The van der Waals surface area contributed by atoms with E-state index < -0.39 is 5.66 Å². The number of nitrogens with two attached hydrogens (primary N) is 1. The number of amides is 1. The number of aryl methyl sites for hydroxylation is 2. The molecule has 0 saturated carbocycles. The molecule has 2 aliphatic heterocycles. The predicted molar refractivity (Wildman–Crippen MR) is 122 cm³/mol. The highest BCUT2D eigenvalue weighted by molar-refractivity contribution is 6.00. The second kappa shape index (κ2) is 7.34. The summed E-state index contributed by atoms with van der Waals surface area (Å²) in [7, 11) is 0. The topological polar surface area (TPSA) is 101 Å². The van der Waals surface area contributed by atoms with Gasteiger partial charge in [0.2, 0.25) is 5.95 Å². The van der Waals surface area contributed by atoms with E-state index in [1.165, 1.54) is 0 Å². The molecule has 1 amide bonds. The summed E-state index contributed by atoms with van der Waals surface area (Å²) in [6.45, 7) is 7.95. The zero-order valence-corrected chi connectivity index (χ0v) is 18.6. The van der Waals surface area contributed by atoms with E-state index in [4.69, 9.17) is 5.73 Å². The van der Waals surface area contributed by atoms with Crippen molar-refractivity contribution < 1.29 is 4.79 Å². The molecule has 8 heteroatoms. The Hall–Kier alpha value is -3.39. The number of nitrogens with zero attached hydrogens (tertiary/aromatic N) is 6. The van der Waals surface area contributed by atoms with Crippen LogP contribution in [0.4, 0.5) is 5.95 Å². The van der Waals surface area contributed by atoms with Crippen molar-refractivity contribution in [3.05, 3.63) is 65.7 Å². The van der Waals surface area contributed by atoms with E-state index in [2.05, 4.69) is 31.8 Å². The number of likely N-dealkylation sites (tertiary alicyclic amines) is 1. The third-order valence-corrected chi connectivity index (χ3v) is 6.86. The first kappa shape index (κ1) is 20.5. The van der Waals surface area contributed by atoms with Crippen molar-refractivity contribution >= 4 is 11.9 Å². The molecule has 32 heavy (non-hydrogen) atoms. The van der Waals surface area contributed by atoms with Crippen LogP contribution in [0, 0.1) is 19.3 Å². The summed E-state index contributed by atoms with van der Waals surface area (Å²) in [6.07, 6.45) is 4.18. The number of anilines is 1. The number of rotatable bonds is 3. The zero-order valence-electron chi connectivity index (χ0n) is 18.6. The molecule has 0 bridgehead atoms. The highest BCUT2D eigenvalue weighted by Crippen LogP contribution is 2.50. The van der Waals surface area contributed by atoms with Crippen LogP contribution in [-0.4, -0.2) is 56.0 Å². The van der Waals surface area contributed by atoms with Crippen LogP contribution >= 0.6 is 0 Å². The summed E-state index contributed by atoms with van der Waals surface area (Å²) >= 11 is 0. The van der Waals surface area contributed by atoms with Gasteiger partial charge in [0.1, 0.15) is 5.66 Å². The number of hydrogen-bond acceptors (Lipinski definition) is 7. The van der Waals surface area contributed by atoms with Gasteiger partial charge in [0.05, 0.1) is 12.1 Å². The van der Waals surface area contributed by atoms with Crippen LogP contribution in [0.15, 0.2) is 48.8 Å². The molecule has 2 N–H and O–H groups in total. The minimum atomic E-state index is -0.723. The number of aromatic nitrogens is 4. The molecule has 2 unspecified atom stereocenters. The van der Waals surface area contributed by atoms with Crippen LogP contribution in [-0.2, 0) is 0 Å². The standard InChI is InChI=1S/C24H27N7O/c1-16-13-17(2)29-22(28-16)31-14-23(3)9-12-30(15-24(23,31)25)21(32)19-8-5-4-7-18(19)20-26-10-6-11-27-20/h4-8,10-11,13H,9,12,14-15,25H2,1-3H3. The normalized spacial score (nSPS) is 24.6. The van der Waals surface area contributed by atoms with Crippen molar-refractivity contribution in [1.82, 2.24) is 24.8 Å². The van der Waals surface area contributed by atoms with Crippen molar-refractivity contribution in [3.8, 4) is 11.4 Å². The lowest BCUT2D eigenvalue weighted by atomic mass is 9.63. The molecule has 1 aromatic carbocycles. The first-order valence-corrected chi connectivity index (χ1v) is 10.9. The SMILES string of the molecule is Cc1cc(C)nc(N2CC3(C)CCN(C(=O)c4ccccc4-c4ncccn4)CC23N)n1. The molecule has 5 rings (SSSR count). The van der Waals surface area contributed by atoms with Gasteiger partial charge >= 0.3 is 0 Å². The largest absolute Gasteiger partial charge is 0.335 e. The molecule has 0 spiro atoms. The number of carbonyl (C=O) groups is 1. The minimum Gasteiger partial charge on any atom is -0.335 e. The van der Waals surface area contributed by atoms with Crippen LogP contribution < -0.4 is 10.6 Å². The van der Waals surface area contributed by atoms with E-state index >= 15 is 0 Å². The third-order valence-electron chi connectivity index (χ3n) is 6.86. The summed E-state index contributed by atoms with van der Waals surface area (Å²) in [5.74, 6) is 1.11. The summed E-state index contributed by atoms with van der Waals surface area (Å²) in [4.78, 5) is 35.4. The Morgan fingerprint density at radius 3 is 2.44 bits per heavy atom. The highest BCUT2D eigenvalue weighted by atomic mass is 16.2. The van der Waals surface area contributed by atoms with Gasteiger partial charge in [-0.15, -0.1) is 0 Å². The lowest BCUT2D eigenvalue weighted by Gasteiger charge is -2.67. The summed E-state index contributed by atoms with van der Waals surface area (Å²) in [5.41, 5.74) is 9.30. The Kier molecular flexibility index (Phi) is 4.70. The Balaban J connectivity index is 1.46. The van der Waals surface area contributed by atoms with E-state index in [-0.39, 0.29) is 11.3 Å². The van der Waals surface area contributed by atoms with Gasteiger partial charge in [-0.2, -0.15) is 0 Å². The molecule has 164 valence electrons. The monoisotopic (exact) mass is 429 g/mol. The second-order valence-corrected chi connectivity index (χ2v) is 9.12. The van der Waals surface area contributed by atoms with Crippen LogP contribution in [0.2, 0.25) is 0 Å². The number of fused-ring (bicyclic) bond motifs is 1. The molecule has 0 radical (unpaired) electrons. The van der Waals surface area contributed by atoms with Crippen molar-refractivity contribution in [3.63, 3.8) is 0 Å². The smallest absolute Gasteiger partial charge is 0.254 e. The van der Waals surface area contributed by atoms with Gasteiger partial charge in [-0.1, -0.05) is 25.1 Å². The van der Waals surface area contributed by atoms with Crippen LogP contribution in [0.25, 0.3) is 11.4 Å². The highest BCUT2D eigenvalue weighted by Gasteiger charge is 2.63. The molecule has 4 heterocycles. The maximum atomic E-state index is 13.6. The molecule has 2 fully saturated rings. The van der Waals surface area contributed by atoms with E-state index in [1.807, 2.05) is 49.1 Å². The maximum Gasteiger partial charge on any atom is 0.254 e. The first-order chi connectivity index (χ1) is 15.3. The lowest BCUT2D eigenvalue weighted by molar-refractivity contribution is -0.0310. The van der Waals surface area contributed by atoms with Crippen molar-refractivity contribution in [1.29, 1.82) is 0 Å². The summed E-state index contributed by atoms with van der Waals surface area (Å²) in [6, 6.07) is 11.2. The Morgan fingerprint density at radius 2 is 1.72 bits per heavy atom. The van der Waals surface area contributed by atoms with Gasteiger partial charge in [-0.25, -0.2) is 19.9 Å². The average molecular weight is 430 g/mol. The number of benzene rings is 1. The fourth-order valence-corrected chi connectivity index (χ4v) is 4.91. The van der Waals surface area contributed by atoms with E-state index in [0.717, 1.165) is 29.9 Å². The van der Waals surface area contributed by atoms with Crippen molar-refractivity contribution in [2.75, 3.05) is 24.5 Å². The van der Waals surface area contributed by atoms with Crippen molar-refractivity contribution in [2.45, 2.75) is 32.9 Å². The molecule has 2 saturated heterocycles. The molecule has 0 aliphatic carbocycles. The average Bonchev–Trinajstić information content (AvgIpc) is 2.78. The minimum absolute atomic E-state index is 0.0619. The van der Waals surface area contributed by atoms with Crippen LogP contribution in [0.3, 0.4) is 0 Å². The van der Waals surface area contributed by atoms with Gasteiger partial charge in [0, 0.05) is 47.8 Å². The van der Waals surface area contributed by atoms with Gasteiger partial charge < -0.3 is 15.5 Å². The van der Waals surface area contributed by atoms with Gasteiger partial charge in [-0.05, 0) is 38.5 Å². The van der Waals surface area contributed by atoms with E-state index in [0.29, 0.717) is 30.4 Å². The second-order valence-electron chi connectivity index (χ2n) is 9.12. The maximum absolute atomic E-state index is 13.6. The Bertz CT molecular complexity index is 1160. The fourth-order valence-electron chi connectivity index (χ4n) is 4.91. The Morgan fingerprint density at radius 1 is 1.03 bits per heavy atom. The number of carbonyl (C=O) groups excluding carboxylic acids is 1. The summed E-state index contributed by atoms with van der Waals surface area (Å²) in [5, 5.41) is 0. The lowest BCUT2D eigenvalue weighted by Crippen LogP contribution is -2.84. The first-order valence-electron chi connectivity index (χ1n) is 10.9.